The standard InChI is InChI=1S/C28H36N2O3/c1-6-23(7-2)30(28(33)21(5)18-19-24(31)8-3)26(25-17-13-12-14-20(25)4)27(32)29-22-15-10-9-11-16-22/h6-7,12-14,17-19,22,26H,1,5,8-11,15-16H2,2-4H3,(H,29,32)/b19-18-,23-7?. The van der Waals surface area contributed by atoms with Gasteiger partial charge in [-0.05, 0) is 56.0 Å². The van der Waals surface area contributed by atoms with Gasteiger partial charge in [-0.2, -0.15) is 0 Å². The van der Waals surface area contributed by atoms with Crippen molar-refractivity contribution in [2.24, 2.45) is 0 Å². The van der Waals surface area contributed by atoms with Gasteiger partial charge in [-0.25, -0.2) is 0 Å². The zero-order valence-electron chi connectivity index (χ0n) is 20.1. The Bertz CT molecular complexity index is 952. The molecule has 0 aliphatic heterocycles. The average Bonchev–Trinajstić information content (AvgIpc) is 2.83. The summed E-state index contributed by atoms with van der Waals surface area (Å²) < 4.78 is 0. The van der Waals surface area contributed by atoms with Crippen molar-refractivity contribution >= 4 is 17.6 Å². The van der Waals surface area contributed by atoms with E-state index in [2.05, 4.69) is 18.5 Å². The lowest BCUT2D eigenvalue weighted by Crippen LogP contribution is -2.47. The largest absolute Gasteiger partial charge is 0.351 e. The first-order valence-corrected chi connectivity index (χ1v) is 11.7. The quantitative estimate of drug-likeness (QED) is 0.380. The number of carbonyl (C=O) groups excluding carboxylic acids is 3. The molecule has 0 aromatic heterocycles. The summed E-state index contributed by atoms with van der Waals surface area (Å²) in [5, 5.41) is 3.19. The molecule has 0 heterocycles. The maximum absolute atomic E-state index is 13.7. The van der Waals surface area contributed by atoms with Gasteiger partial charge < -0.3 is 5.32 Å². The van der Waals surface area contributed by atoms with Gasteiger partial charge in [0.2, 0.25) is 5.91 Å². The Kier molecular flexibility index (Phi) is 10.0. The Labute approximate surface area is 197 Å². The third-order valence-corrected chi connectivity index (χ3v) is 6.04. The first kappa shape index (κ1) is 26.0. The number of ketones is 1. The van der Waals surface area contributed by atoms with Gasteiger partial charge in [0.05, 0.1) is 0 Å². The second kappa shape index (κ2) is 12.7. The van der Waals surface area contributed by atoms with Crippen LogP contribution in [-0.4, -0.2) is 28.5 Å². The second-order valence-electron chi connectivity index (χ2n) is 8.37. The topological polar surface area (TPSA) is 66.5 Å². The Morgan fingerprint density at radius 3 is 2.39 bits per heavy atom. The Balaban J connectivity index is 2.53. The van der Waals surface area contributed by atoms with E-state index in [4.69, 9.17) is 0 Å². The molecule has 0 spiro atoms. The van der Waals surface area contributed by atoms with E-state index in [1.165, 1.54) is 23.5 Å². The van der Waals surface area contributed by atoms with E-state index in [0.29, 0.717) is 12.1 Å². The van der Waals surface area contributed by atoms with Gasteiger partial charge >= 0.3 is 0 Å². The molecular weight excluding hydrogens is 412 g/mol. The van der Waals surface area contributed by atoms with E-state index in [1.807, 2.05) is 31.2 Å². The SMILES string of the molecule is C=CC(=CC)N(C(=O)C(=C)/C=C\C(=O)CC)C(C(=O)NC1CCCCC1)c1ccccc1C. The first-order valence-electron chi connectivity index (χ1n) is 11.7. The molecule has 1 aliphatic rings. The van der Waals surface area contributed by atoms with Crippen molar-refractivity contribution in [2.75, 3.05) is 0 Å². The average molecular weight is 449 g/mol. The molecule has 0 saturated heterocycles. The van der Waals surface area contributed by atoms with Gasteiger partial charge in [0.25, 0.3) is 5.91 Å². The van der Waals surface area contributed by atoms with Crippen molar-refractivity contribution < 1.29 is 14.4 Å². The molecule has 0 bridgehead atoms. The number of hydrogen-bond acceptors (Lipinski definition) is 3. The molecule has 1 saturated carbocycles. The van der Waals surface area contributed by atoms with Gasteiger partial charge in [0, 0.05) is 23.7 Å². The number of nitrogens with zero attached hydrogens (tertiary/aromatic N) is 1. The molecule has 5 heteroatoms. The molecule has 1 aromatic carbocycles. The minimum atomic E-state index is -0.892. The maximum Gasteiger partial charge on any atom is 0.258 e. The van der Waals surface area contributed by atoms with E-state index in [1.54, 1.807) is 26.0 Å². The Morgan fingerprint density at radius 2 is 1.82 bits per heavy atom. The maximum atomic E-state index is 13.7. The van der Waals surface area contributed by atoms with Crippen molar-refractivity contribution in [2.45, 2.75) is 71.4 Å². The molecule has 0 radical (unpaired) electrons. The fraction of sp³-hybridized carbons (Fsp3) is 0.393. The normalized spacial score (nSPS) is 15.7. The summed E-state index contributed by atoms with van der Waals surface area (Å²) >= 11 is 0. The highest BCUT2D eigenvalue weighted by molar-refractivity contribution is 6.02. The molecule has 5 nitrogen and oxygen atoms in total. The number of aryl methyl sites for hydroxylation is 1. The lowest BCUT2D eigenvalue weighted by Gasteiger charge is -2.34. The van der Waals surface area contributed by atoms with Gasteiger partial charge in [0.1, 0.15) is 6.04 Å². The van der Waals surface area contributed by atoms with Gasteiger partial charge in [-0.15, -0.1) is 0 Å². The highest BCUT2D eigenvalue weighted by atomic mass is 16.2. The van der Waals surface area contributed by atoms with Crippen LogP contribution in [0.1, 0.15) is 69.5 Å². The molecule has 33 heavy (non-hydrogen) atoms. The summed E-state index contributed by atoms with van der Waals surface area (Å²) in [6.45, 7) is 13.2. The molecule has 2 rings (SSSR count). The van der Waals surface area contributed by atoms with Crippen LogP contribution in [0.4, 0.5) is 0 Å². The van der Waals surface area contributed by atoms with E-state index < -0.39 is 11.9 Å². The van der Waals surface area contributed by atoms with Gasteiger partial charge in [-0.3, -0.25) is 19.3 Å². The highest BCUT2D eigenvalue weighted by Crippen LogP contribution is 2.31. The number of allylic oxidation sites excluding steroid dienone is 3. The summed E-state index contributed by atoms with van der Waals surface area (Å²) in [6.07, 6.45) is 11.6. The van der Waals surface area contributed by atoms with Crippen molar-refractivity contribution in [3.05, 3.63) is 84.1 Å². The minimum absolute atomic E-state index is 0.0952. The van der Waals surface area contributed by atoms with E-state index in [0.717, 1.165) is 36.8 Å². The molecule has 1 atom stereocenters. The van der Waals surface area contributed by atoms with E-state index in [9.17, 15) is 14.4 Å². The molecule has 1 aromatic rings. The molecule has 1 unspecified atom stereocenters. The lowest BCUT2D eigenvalue weighted by atomic mass is 9.93. The number of nitrogens with one attached hydrogen (secondary N) is 1. The molecule has 1 N–H and O–H groups in total. The third-order valence-electron chi connectivity index (χ3n) is 6.04. The fourth-order valence-electron chi connectivity index (χ4n) is 4.09. The van der Waals surface area contributed by atoms with Crippen LogP contribution in [0, 0.1) is 6.92 Å². The summed E-state index contributed by atoms with van der Waals surface area (Å²) in [5.74, 6) is -0.779. The van der Waals surface area contributed by atoms with Crippen LogP contribution in [0.25, 0.3) is 0 Å². The van der Waals surface area contributed by atoms with Crippen LogP contribution in [0.5, 0.6) is 0 Å². The number of benzene rings is 1. The van der Waals surface area contributed by atoms with Crippen molar-refractivity contribution in [3.8, 4) is 0 Å². The van der Waals surface area contributed by atoms with Crippen molar-refractivity contribution in [3.63, 3.8) is 0 Å². The predicted octanol–water partition coefficient (Wildman–Crippen LogP) is 5.49. The van der Waals surface area contributed by atoms with Crippen LogP contribution in [0.3, 0.4) is 0 Å². The summed E-state index contributed by atoms with van der Waals surface area (Å²) in [5.41, 5.74) is 2.27. The molecule has 2 amide bonds. The third kappa shape index (κ3) is 6.88. The number of rotatable bonds is 10. The molecule has 1 fully saturated rings. The molecular formula is C28H36N2O3. The second-order valence-corrected chi connectivity index (χ2v) is 8.37. The molecule has 1 aliphatic carbocycles. The van der Waals surface area contributed by atoms with Crippen LogP contribution in [-0.2, 0) is 14.4 Å². The van der Waals surface area contributed by atoms with E-state index in [-0.39, 0.29) is 23.3 Å². The highest BCUT2D eigenvalue weighted by Gasteiger charge is 2.35. The van der Waals surface area contributed by atoms with E-state index >= 15 is 0 Å². The first-order chi connectivity index (χ1) is 15.8. The summed E-state index contributed by atoms with van der Waals surface area (Å²) in [7, 11) is 0. The number of hydrogen-bond donors (Lipinski definition) is 1. The summed E-state index contributed by atoms with van der Waals surface area (Å²) in [6, 6.07) is 6.77. The van der Waals surface area contributed by atoms with Crippen molar-refractivity contribution in [1.29, 1.82) is 0 Å². The Hall–Kier alpha value is -3.21. The van der Waals surface area contributed by atoms with Gasteiger partial charge in [-0.1, -0.05) is 69.7 Å². The number of amides is 2. The Morgan fingerprint density at radius 1 is 1.15 bits per heavy atom. The van der Waals surface area contributed by atoms with Crippen LogP contribution in [0.15, 0.2) is 73.0 Å². The zero-order chi connectivity index (χ0) is 24.4. The fourth-order valence-corrected chi connectivity index (χ4v) is 4.09. The summed E-state index contributed by atoms with van der Waals surface area (Å²) in [4.78, 5) is 40.5. The predicted molar refractivity (Wildman–Crippen MR) is 133 cm³/mol. The lowest BCUT2D eigenvalue weighted by molar-refractivity contribution is -0.136. The number of carbonyl (C=O) groups is 3. The smallest absolute Gasteiger partial charge is 0.258 e. The van der Waals surface area contributed by atoms with Crippen LogP contribution < -0.4 is 5.32 Å². The molecule has 176 valence electrons. The minimum Gasteiger partial charge on any atom is -0.351 e. The van der Waals surface area contributed by atoms with Crippen LogP contribution >= 0.6 is 0 Å². The van der Waals surface area contributed by atoms with Crippen molar-refractivity contribution in [1.82, 2.24) is 10.2 Å². The van der Waals surface area contributed by atoms with Gasteiger partial charge in [0.15, 0.2) is 5.78 Å². The monoisotopic (exact) mass is 448 g/mol. The van der Waals surface area contributed by atoms with Crippen LogP contribution in [0.2, 0.25) is 0 Å². The zero-order valence-corrected chi connectivity index (χ0v) is 20.1.